The smallest absolute Gasteiger partial charge is 0.409 e. The van der Waals surface area contributed by atoms with E-state index in [1.807, 2.05) is 13.0 Å². The highest BCUT2D eigenvalue weighted by Crippen LogP contribution is 2.27. The molecule has 0 radical (unpaired) electrons. The lowest BCUT2D eigenvalue weighted by atomic mass is 10.1. The molecule has 15 nitrogen and oxygen atoms in total. The lowest BCUT2D eigenvalue weighted by Gasteiger charge is -2.35. The van der Waals surface area contributed by atoms with Crippen LogP contribution in [-0.2, 0) is 23.9 Å². The Morgan fingerprint density at radius 3 is 2.47 bits per heavy atom. The molecule has 2 fully saturated rings. The first-order valence-corrected chi connectivity index (χ1v) is 14.9. The Bertz CT molecular complexity index is 1460. The molecule has 4 rings (SSSR count). The van der Waals surface area contributed by atoms with E-state index in [9.17, 15) is 33.9 Å². The Balaban J connectivity index is 1.50. The summed E-state index contributed by atoms with van der Waals surface area (Å²) in [7, 11) is 0. The van der Waals surface area contributed by atoms with E-state index in [-0.39, 0.29) is 88.5 Å². The molecule has 5 amide bonds. The van der Waals surface area contributed by atoms with Gasteiger partial charge in [0.05, 0.1) is 12.1 Å². The third-order valence-corrected chi connectivity index (χ3v) is 7.54. The van der Waals surface area contributed by atoms with E-state index in [0.29, 0.717) is 24.0 Å². The van der Waals surface area contributed by atoms with Crippen LogP contribution >= 0.6 is 0 Å². The number of rotatable bonds is 10. The van der Waals surface area contributed by atoms with Gasteiger partial charge in [-0.15, -0.1) is 0 Å². The Morgan fingerprint density at radius 2 is 1.76 bits per heavy atom. The van der Waals surface area contributed by atoms with Gasteiger partial charge in [-0.3, -0.25) is 24.0 Å². The molecule has 15 heteroatoms. The molecule has 2 aliphatic heterocycles. The molecule has 242 valence electrons. The van der Waals surface area contributed by atoms with Crippen LogP contribution in [0.15, 0.2) is 24.3 Å². The first-order valence-electron chi connectivity index (χ1n) is 14.9. The van der Waals surface area contributed by atoms with Gasteiger partial charge in [0.2, 0.25) is 11.8 Å². The molecule has 1 atom stereocenters. The number of aryl methyl sites for hydroxylation is 1. The van der Waals surface area contributed by atoms with Gasteiger partial charge in [0.15, 0.2) is 6.61 Å². The predicted molar refractivity (Wildman–Crippen MR) is 159 cm³/mol. The molecule has 0 spiro atoms. The average molecular weight is 627 g/mol. The number of pyridine rings is 1. The summed E-state index contributed by atoms with van der Waals surface area (Å²) in [4.78, 5) is 83.8. The summed E-state index contributed by atoms with van der Waals surface area (Å²) in [5.74, 6) is -2.55. The third kappa shape index (κ3) is 8.80. The fourth-order valence-electron chi connectivity index (χ4n) is 5.09. The van der Waals surface area contributed by atoms with Crippen LogP contribution in [0, 0.1) is 6.92 Å². The van der Waals surface area contributed by atoms with Gasteiger partial charge in [-0.1, -0.05) is 6.07 Å². The van der Waals surface area contributed by atoms with Crippen LogP contribution in [0.1, 0.15) is 42.2 Å². The van der Waals surface area contributed by atoms with Gasteiger partial charge < -0.3 is 39.9 Å². The van der Waals surface area contributed by atoms with Crippen LogP contribution in [0.5, 0.6) is 5.75 Å². The molecule has 2 aromatic rings. The SMILES string of the molecule is CCOC(=O)N1CCN(C(=O)[C@H](CCC(=O)O)NC(=O)c2cc(OCC(=O)N3CCNC(=O)CC3)c3ccc(C)cc3n2)CC1. The number of hydrogen-bond donors (Lipinski definition) is 3. The minimum atomic E-state index is -1.16. The van der Waals surface area contributed by atoms with Gasteiger partial charge in [-0.05, 0) is 38.0 Å². The molecule has 0 unspecified atom stereocenters. The van der Waals surface area contributed by atoms with Crippen LogP contribution in [0.25, 0.3) is 10.9 Å². The van der Waals surface area contributed by atoms with Gasteiger partial charge in [0.25, 0.3) is 11.8 Å². The van der Waals surface area contributed by atoms with Crippen LogP contribution in [0.2, 0.25) is 0 Å². The van der Waals surface area contributed by atoms with E-state index in [2.05, 4.69) is 15.6 Å². The molecule has 2 saturated heterocycles. The number of aromatic nitrogens is 1. The van der Waals surface area contributed by atoms with Gasteiger partial charge in [-0.2, -0.15) is 0 Å². The number of amides is 5. The van der Waals surface area contributed by atoms with Crippen LogP contribution in [-0.4, -0.2) is 126 Å². The number of fused-ring (bicyclic) bond motifs is 1. The second-order valence-electron chi connectivity index (χ2n) is 10.8. The molecule has 0 bridgehead atoms. The summed E-state index contributed by atoms with van der Waals surface area (Å²) < 4.78 is 10.9. The monoisotopic (exact) mass is 626 g/mol. The second kappa shape index (κ2) is 15.2. The number of hydrogen-bond acceptors (Lipinski definition) is 9. The number of carboxylic acids is 1. The largest absolute Gasteiger partial charge is 0.483 e. The van der Waals surface area contributed by atoms with Gasteiger partial charge in [0.1, 0.15) is 17.5 Å². The molecular weight excluding hydrogens is 588 g/mol. The fraction of sp³-hybridized carbons (Fsp3) is 0.500. The molecule has 3 N–H and O–H groups in total. The minimum Gasteiger partial charge on any atom is -0.483 e. The van der Waals surface area contributed by atoms with Gasteiger partial charge in [-0.25, -0.2) is 9.78 Å². The number of carbonyl (C=O) groups excluding carboxylic acids is 5. The van der Waals surface area contributed by atoms with Crippen LogP contribution < -0.4 is 15.4 Å². The van der Waals surface area contributed by atoms with Crippen LogP contribution in [0.3, 0.4) is 0 Å². The highest BCUT2D eigenvalue weighted by molar-refractivity contribution is 5.99. The first-order chi connectivity index (χ1) is 21.5. The number of ether oxygens (including phenoxy) is 2. The van der Waals surface area contributed by atoms with Crippen molar-refractivity contribution in [3.63, 3.8) is 0 Å². The minimum absolute atomic E-state index is 0.0830. The van der Waals surface area contributed by atoms with Crippen molar-refractivity contribution in [1.29, 1.82) is 0 Å². The molecule has 45 heavy (non-hydrogen) atoms. The zero-order valence-electron chi connectivity index (χ0n) is 25.4. The van der Waals surface area contributed by atoms with E-state index >= 15 is 0 Å². The standard InChI is InChI=1S/C30H38N6O9/c1-3-44-30(43)36-14-12-35(13-15-36)29(42)21(6-7-27(39)40)33-28(41)23-17-24(20-5-4-19(2)16-22(20)32-23)45-18-26(38)34-10-8-25(37)31-9-11-34/h4-5,16-17,21H,3,6-15,18H2,1-2H3,(H,31,37)(H,33,41)(H,39,40)/t21-/m0/s1. The summed E-state index contributed by atoms with van der Waals surface area (Å²) in [5, 5.41) is 15.2. The Kier molecular flexibility index (Phi) is 11.1. The molecule has 3 heterocycles. The number of nitrogens with zero attached hydrogens (tertiary/aromatic N) is 4. The summed E-state index contributed by atoms with van der Waals surface area (Å²) >= 11 is 0. The number of nitrogens with one attached hydrogen (secondary N) is 2. The molecule has 1 aromatic carbocycles. The Hall–Kier alpha value is -4.95. The number of piperazine rings is 1. The highest BCUT2D eigenvalue weighted by Gasteiger charge is 2.31. The van der Waals surface area contributed by atoms with Crippen molar-refractivity contribution in [2.45, 2.75) is 39.2 Å². The lowest BCUT2D eigenvalue weighted by molar-refractivity contribution is -0.138. The maximum Gasteiger partial charge on any atom is 0.409 e. The summed E-state index contributed by atoms with van der Waals surface area (Å²) in [6.07, 6.45) is -0.805. The van der Waals surface area contributed by atoms with E-state index in [0.717, 1.165) is 5.56 Å². The van der Waals surface area contributed by atoms with Crippen LogP contribution in [0.4, 0.5) is 4.79 Å². The third-order valence-electron chi connectivity index (χ3n) is 7.54. The molecule has 1 aromatic heterocycles. The van der Waals surface area contributed by atoms with Crippen molar-refractivity contribution in [3.05, 3.63) is 35.5 Å². The zero-order chi connectivity index (χ0) is 32.5. The van der Waals surface area contributed by atoms with E-state index in [1.165, 1.54) is 20.8 Å². The summed E-state index contributed by atoms with van der Waals surface area (Å²) in [6, 6.07) is 5.58. The van der Waals surface area contributed by atoms with Crippen molar-refractivity contribution < 1.29 is 43.3 Å². The maximum absolute atomic E-state index is 13.5. The lowest BCUT2D eigenvalue weighted by Crippen LogP contribution is -2.56. The number of carboxylic acid groups (broad SMARTS) is 1. The number of carbonyl (C=O) groups is 6. The summed E-state index contributed by atoms with van der Waals surface area (Å²) in [5.41, 5.74) is 1.21. The first kappa shape index (κ1) is 33.0. The van der Waals surface area contributed by atoms with Crippen molar-refractivity contribution in [2.24, 2.45) is 0 Å². The highest BCUT2D eigenvalue weighted by atomic mass is 16.6. The molecule has 0 saturated carbocycles. The average Bonchev–Trinajstić information content (AvgIpc) is 3.25. The van der Waals surface area contributed by atoms with Gasteiger partial charge >= 0.3 is 12.1 Å². The normalized spacial score (nSPS) is 16.0. The fourth-order valence-corrected chi connectivity index (χ4v) is 5.09. The van der Waals surface area contributed by atoms with Crippen molar-refractivity contribution in [3.8, 4) is 5.75 Å². The number of benzene rings is 1. The molecule has 2 aliphatic rings. The number of aliphatic carboxylic acids is 1. The van der Waals surface area contributed by atoms with E-state index < -0.39 is 29.9 Å². The molecular formula is C30H38N6O9. The topological polar surface area (TPSA) is 188 Å². The van der Waals surface area contributed by atoms with Crippen molar-refractivity contribution in [2.75, 3.05) is 59.0 Å². The Labute approximate surface area is 259 Å². The van der Waals surface area contributed by atoms with Crippen molar-refractivity contribution in [1.82, 2.24) is 30.3 Å². The summed E-state index contributed by atoms with van der Waals surface area (Å²) in [6.45, 7) is 5.26. The quantitative estimate of drug-likeness (QED) is 0.336. The predicted octanol–water partition coefficient (Wildman–Crippen LogP) is 0.534. The zero-order valence-corrected chi connectivity index (χ0v) is 25.4. The maximum atomic E-state index is 13.5. The Morgan fingerprint density at radius 1 is 1.02 bits per heavy atom. The van der Waals surface area contributed by atoms with Gasteiger partial charge in [0, 0.05) is 70.1 Å². The van der Waals surface area contributed by atoms with Crippen molar-refractivity contribution >= 4 is 46.6 Å². The van der Waals surface area contributed by atoms with E-state index in [1.54, 1.807) is 19.1 Å². The molecule has 0 aliphatic carbocycles. The second-order valence-corrected chi connectivity index (χ2v) is 10.8. The van der Waals surface area contributed by atoms with E-state index in [4.69, 9.17) is 9.47 Å².